The van der Waals surface area contributed by atoms with Gasteiger partial charge in [-0.05, 0) is 36.4 Å². The van der Waals surface area contributed by atoms with Gasteiger partial charge in [-0.15, -0.1) is 0 Å². The first-order chi connectivity index (χ1) is 13.5. The van der Waals surface area contributed by atoms with Crippen LogP contribution in [0.1, 0.15) is 26.4 Å². The second-order valence-electron chi connectivity index (χ2n) is 6.24. The van der Waals surface area contributed by atoms with Crippen LogP contribution in [0.3, 0.4) is 0 Å². The van der Waals surface area contributed by atoms with Gasteiger partial charge in [0.1, 0.15) is 12.0 Å². The molecule has 0 unspecified atom stereocenters. The topological polar surface area (TPSA) is 73.2 Å². The molecule has 6 heteroatoms. The number of ketones is 1. The lowest BCUT2D eigenvalue weighted by molar-refractivity contribution is 0.103. The largest absolute Gasteiger partial charge is 0.298 e. The van der Waals surface area contributed by atoms with E-state index in [4.69, 9.17) is 0 Å². The second kappa shape index (κ2) is 6.90. The van der Waals surface area contributed by atoms with Gasteiger partial charge in [0.25, 0.3) is 10.0 Å². The summed E-state index contributed by atoms with van der Waals surface area (Å²) in [5, 5.41) is 0.503. The normalized spacial score (nSPS) is 11.4. The van der Waals surface area contributed by atoms with Crippen LogP contribution in [0.4, 0.5) is 0 Å². The third-order valence-corrected chi connectivity index (χ3v) is 6.21. The molecule has 0 aliphatic heterocycles. The molecular weight excluding hydrogens is 374 g/mol. The van der Waals surface area contributed by atoms with Gasteiger partial charge in [0.2, 0.25) is 5.78 Å². The molecule has 138 valence electrons. The predicted molar refractivity (Wildman–Crippen MR) is 106 cm³/mol. The van der Waals surface area contributed by atoms with Crippen molar-refractivity contribution in [2.75, 3.05) is 0 Å². The third-order valence-electron chi connectivity index (χ3n) is 4.47. The standard InChI is InChI=1S/C22H15NO4S/c24-15-16-11-12-20-18(13-16)14-21(22(25)17-7-3-1-4-8-17)23(20)28(26,27)19-9-5-2-6-10-19/h1-15H. The summed E-state index contributed by atoms with van der Waals surface area (Å²) in [5.41, 5.74) is 1.15. The van der Waals surface area contributed by atoms with Crippen LogP contribution in [0.25, 0.3) is 10.9 Å². The van der Waals surface area contributed by atoms with Gasteiger partial charge < -0.3 is 0 Å². The van der Waals surface area contributed by atoms with Gasteiger partial charge in [-0.3, -0.25) is 9.59 Å². The van der Waals surface area contributed by atoms with E-state index < -0.39 is 15.8 Å². The molecule has 0 saturated carbocycles. The average molecular weight is 389 g/mol. The number of hydrogen-bond donors (Lipinski definition) is 0. The maximum Gasteiger partial charge on any atom is 0.268 e. The summed E-state index contributed by atoms with van der Waals surface area (Å²) in [5.74, 6) is -0.413. The molecule has 3 aromatic carbocycles. The van der Waals surface area contributed by atoms with Crippen molar-refractivity contribution in [1.29, 1.82) is 0 Å². The number of rotatable bonds is 5. The van der Waals surface area contributed by atoms with E-state index in [1.807, 2.05) is 0 Å². The summed E-state index contributed by atoms with van der Waals surface area (Å²) >= 11 is 0. The van der Waals surface area contributed by atoms with Crippen LogP contribution < -0.4 is 0 Å². The second-order valence-corrected chi connectivity index (χ2v) is 8.03. The van der Waals surface area contributed by atoms with Crippen LogP contribution in [-0.4, -0.2) is 24.5 Å². The highest BCUT2D eigenvalue weighted by molar-refractivity contribution is 7.90. The predicted octanol–water partition coefficient (Wildman–Crippen LogP) is 3.92. The first-order valence-electron chi connectivity index (χ1n) is 8.53. The minimum atomic E-state index is -4.02. The van der Waals surface area contributed by atoms with Crippen LogP contribution in [0.15, 0.2) is 89.8 Å². The molecule has 4 rings (SSSR count). The zero-order valence-corrected chi connectivity index (χ0v) is 15.5. The molecule has 4 aromatic rings. The number of aromatic nitrogens is 1. The molecule has 1 heterocycles. The van der Waals surface area contributed by atoms with Gasteiger partial charge in [-0.2, -0.15) is 0 Å². The van der Waals surface area contributed by atoms with Gasteiger partial charge in [-0.25, -0.2) is 12.4 Å². The highest BCUT2D eigenvalue weighted by Gasteiger charge is 2.26. The lowest BCUT2D eigenvalue weighted by Crippen LogP contribution is -2.19. The monoisotopic (exact) mass is 389 g/mol. The van der Waals surface area contributed by atoms with Crippen molar-refractivity contribution in [3.8, 4) is 0 Å². The van der Waals surface area contributed by atoms with Crippen molar-refractivity contribution in [2.24, 2.45) is 0 Å². The molecule has 0 radical (unpaired) electrons. The summed E-state index contributed by atoms with van der Waals surface area (Å²) in [6.07, 6.45) is 0.682. The fourth-order valence-corrected chi connectivity index (χ4v) is 4.67. The van der Waals surface area contributed by atoms with E-state index in [9.17, 15) is 18.0 Å². The molecular formula is C22H15NO4S. The SMILES string of the molecule is O=Cc1ccc2c(c1)cc(C(=O)c1ccccc1)n2S(=O)(=O)c1ccccc1. The Hall–Kier alpha value is -3.51. The Morgan fingerprint density at radius 3 is 2.11 bits per heavy atom. The lowest BCUT2D eigenvalue weighted by Gasteiger charge is -2.11. The van der Waals surface area contributed by atoms with Gasteiger partial charge in [0.15, 0.2) is 0 Å². The summed E-state index contributed by atoms with van der Waals surface area (Å²) in [6.45, 7) is 0. The van der Waals surface area contributed by atoms with Crippen LogP contribution in [0.2, 0.25) is 0 Å². The summed E-state index contributed by atoms with van der Waals surface area (Å²) in [4.78, 5) is 24.3. The molecule has 0 saturated heterocycles. The Labute approximate surface area is 161 Å². The maximum atomic E-state index is 13.4. The van der Waals surface area contributed by atoms with Crippen molar-refractivity contribution in [3.63, 3.8) is 0 Å². The maximum absolute atomic E-state index is 13.4. The fraction of sp³-hybridized carbons (Fsp3) is 0. The number of nitrogens with zero attached hydrogens (tertiary/aromatic N) is 1. The van der Waals surface area contributed by atoms with E-state index in [0.29, 0.717) is 28.3 Å². The van der Waals surface area contributed by atoms with Crippen molar-refractivity contribution in [3.05, 3.63) is 102 Å². The van der Waals surface area contributed by atoms with Gasteiger partial charge in [-0.1, -0.05) is 48.5 Å². The number of hydrogen-bond acceptors (Lipinski definition) is 4. The van der Waals surface area contributed by atoms with Crippen LogP contribution in [0.5, 0.6) is 0 Å². The van der Waals surface area contributed by atoms with E-state index in [1.165, 1.54) is 24.3 Å². The summed E-state index contributed by atoms with van der Waals surface area (Å²) in [7, 11) is -4.02. The van der Waals surface area contributed by atoms with E-state index in [0.717, 1.165) is 3.97 Å². The smallest absolute Gasteiger partial charge is 0.268 e. The van der Waals surface area contributed by atoms with E-state index in [1.54, 1.807) is 60.7 Å². The van der Waals surface area contributed by atoms with Crippen molar-refractivity contribution in [1.82, 2.24) is 3.97 Å². The zero-order valence-electron chi connectivity index (χ0n) is 14.6. The van der Waals surface area contributed by atoms with Gasteiger partial charge >= 0.3 is 0 Å². The van der Waals surface area contributed by atoms with Crippen LogP contribution in [0, 0.1) is 0 Å². The molecule has 0 spiro atoms. The molecule has 0 fully saturated rings. The average Bonchev–Trinajstić information content (AvgIpc) is 3.13. The van der Waals surface area contributed by atoms with Gasteiger partial charge in [0.05, 0.1) is 10.4 Å². The molecule has 28 heavy (non-hydrogen) atoms. The van der Waals surface area contributed by atoms with Crippen molar-refractivity contribution >= 4 is 33.0 Å². The highest BCUT2D eigenvalue weighted by Crippen LogP contribution is 2.28. The fourth-order valence-electron chi connectivity index (χ4n) is 3.13. The quantitative estimate of drug-likeness (QED) is 0.383. The molecule has 1 aromatic heterocycles. The first kappa shape index (κ1) is 17.9. The lowest BCUT2D eigenvalue weighted by atomic mass is 10.1. The van der Waals surface area contributed by atoms with E-state index in [2.05, 4.69) is 0 Å². The molecule has 0 aliphatic rings. The van der Waals surface area contributed by atoms with Crippen molar-refractivity contribution < 1.29 is 18.0 Å². The number of aldehydes is 1. The first-order valence-corrected chi connectivity index (χ1v) is 9.97. The Morgan fingerprint density at radius 2 is 1.46 bits per heavy atom. The summed E-state index contributed by atoms with van der Waals surface area (Å²) in [6, 6.07) is 22.6. The molecule has 0 aliphatic carbocycles. The Kier molecular flexibility index (Phi) is 4.41. The number of carbonyl (C=O) groups excluding carboxylic acids is 2. The van der Waals surface area contributed by atoms with Gasteiger partial charge in [0, 0.05) is 16.5 Å². The van der Waals surface area contributed by atoms with E-state index >= 15 is 0 Å². The van der Waals surface area contributed by atoms with E-state index in [-0.39, 0.29) is 10.6 Å². The number of fused-ring (bicyclic) bond motifs is 1. The number of benzene rings is 3. The minimum Gasteiger partial charge on any atom is -0.298 e. The van der Waals surface area contributed by atoms with Crippen LogP contribution in [-0.2, 0) is 10.0 Å². The Bertz CT molecular complexity index is 1290. The number of carbonyl (C=O) groups is 2. The Balaban J connectivity index is 2.03. The van der Waals surface area contributed by atoms with Crippen LogP contribution >= 0.6 is 0 Å². The molecule has 0 atom stereocenters. The molecule has 0 amide bonds. The Morgan fingerprint density at radius 1 is 0.821 bits per heavy atom. The molecule has 0 bridgehead atoms. The zero-order chi connectivity index (χ0) is 19.7. The minimum absolute atomic E-state index is 0.0214. The molecule has 0 N–H and O–H groups in total. The van der Waals surface area contributed by atoms with Crippen molar-refractivity contribution in [2.45, 2.75) is 4.90 Å². The highest BCUT2D eigenvalue weighted by atomic mass is 32.2. The molecule has 5 nitrogen and oxygen atoms in total. The third kappa shape index (κ3) is 2.93. The summed E-state index contributed by atoms with van der Waals surface area (Å²) < 4.78 is 27.8.